The maximum Gasteiger partial charge on any atom is 0.305 e. The topological polar surface area (TPSA) is 52.4 Å². The van der Waals surface area contributed by atoms with Gasteiger partial charge in [0.05, 0.1) is 12.0 Å². The minimum atomic E-state index is -0.903. The number of nitrogens with zero attached hydrogens (tertiary/aromatic N) is 1. The molecule has 0 aromatic heterocycles. The van der Waals surface area contributed by atoms with E-state index in [1.54, 1.807) is 6.07 Å². The molecule has 7 heteroatoms. The highest BCUT2D eigenvalue weighted by atomic mass is 32.2. The Morgan fingerprint density at radius 2 is 1.75 bits per heavy atom. The molecule has 2 rings (SSSR count). The second-order valence-electron chi connectivity index (χ2n) is 3.77. The number of benzene rings is 2. The average molecular weight is 297 g/mol. The molecule has 0 bridgehead atoms. The van der Waals surface area contributed by atoms with E-state index in [0.717, 1.165) is 23.9 Å². The molecule has 0 fully saturated rings. The van der Waals surface area contributed by atoms with Gasteiger partial charge in [0.2, 0.25) is 5.82 Å². The molecule has 0 unspecified atom stereocenters. The van der Waals surface area contributed by atoms with Crippen LogP contribution in [0.2, 0.25) is 0 Å². The van der Waals surface area contributed by atoms with E-state index in [0.29, 0.717) is 9.79 Å². The Hall–Kier alpha value is -2.15. The molecular weight excluding hydrogens is 288 g/mol. The van der Waals surface area contributed by atoms with Crippen LogP contribution in [0.25, 0.3) is 0 Å². The molecule has 0 heterocycles. The molecule has 0 spiro atoms. The predicted molar refractivity (Wildman–Crippen MR) is 70.1 cm³/mol. The number of nitro benzene ring substituents is 1. The van der Waals surface area contributed by atoms with Gasteiger partial charge in [-0.2, -0.15) is 4.39 Å². The first-order valence-corrected chi connectivity index (χ1v) is 6.28. The van der Waals surface area contributed by atoms with Crippen molar-refractivity contribution in [3.8, 4) is 5.75 Å². The molecule has 2 aromatic rings. The lowest BCUT2D eigenvalue weighted by Gasteiger charge is -2.05. The largest absolute Gasteiger partial charge is 0.494 e. The summed E-state index contributed by atoms with van der Waals surface area (Å²) in [7, 11) is 1.36. The second kappa shape index (κ2) is 5.87. The van der Waals surface area contributed by atoms with Gasteiger partial charge in [-0.05, 0) is 30.3 Å². The van der Waals surface area contributed by atoms with E-state index in [1.807, 2.05) is 0 Å². The number of rotatable bonds is 4. The Bertz CT molecular complexity index is 664. The van der Waals surface area contributed by atoms with Gasteiger partial charge in [-0.15, -0.1) is 0 Å². The normalized spacial score (nSPS) is 10.3. The van der Waals surface area contributed by atoms with Gasteiger partial charge in [0, 0.05) is 15.9 Å². The average Bonchev–Trinajstić information content (AvgIpc) is 2.41. The summed E-state index contributed by atoms with van der Waals surface area (Å²) >= 11 is 1.09. The monoisotopic (exact) mass is 297 g/mol. The Balaban J connectivity index is 2.28. The fraction of sp³-hybridized carbons (Fsp3) is 0.0769. The summed E-state index contributed by atoms with van der Waals surface area (Å²) in [6.07, 6.45) is 0. The van der Waals surface area contributed by atoms with Crippen molar-refractivity contribution in [2.24, 2.45) is 0 Å². The van der Waals surface area contributed by atoms with Gasteiger partial charge in [-0.3, -0.25) is 10.1 Å². The lowest BCUT2D eigenvalue weighted by Crippen LogP contribution is -1.92. The highest BCUT2D eigenvalue weighted by Crippen LogP contribution is 2.33. The van der Waals surface area contributed by atoms with E-state index < -0.39 is 22.2 Å². The van der Waals surface area contributed by atoms with Crippen molar-refractivity contribution in [2.45, 2.75) is 9.79 Å². The highest BCUT2D eigenvalue weighted by Gasteiger charge is 2.15. The van der Waals surface area contributed by atoms with Crippen molar-refractivity contribution >= 4 is 17.4 Å². The molecule has 0 saturated carbocycles. The van der Waals surface area contributed by atoms with Crippen molar-refractivity contribution < 1.29 is 18.4 Å². The van der Waals surface area contributed by atoms with Gasteiger partial charge in [0.25, 0.3) is 0 Å². The van der Waals surface area contributed by atoms with E-state index in [2.05, 4.69) is 0 Å². The predicted octanol–water partition coefficient (Wildman–Crippen LogP) is 4.03. The minimum absolute atomic E-state index is 0.111. The molecule has 0 N–H and O–H groups in total. The fourth-order valence-corrected chi connectivity index (χ4v) is 2.42. The molecule has 4 nitrogen and oxygen atoms in total. The van der Waals surface area contributed by atoms with Crippen molar-refractivity contribution in [2.75, 3.05) is 7.11 Å². The molecule has 0 radical (unpaired) electrons. The number of hydrogen-bond acceptors (Lipinski definition) is 4. The number of nitro groups is 1. The van der Waals surface area contributed by atoms with Crippen LogP contribution in [-0.4, -0.2) is 12.0 Å². The van der Waals surface area contributed by atoms with Crippen LogP contribution in [-0.2, 0) is 0 Å². The van der Waals surface area contributed by atoms with Crippen LogP contribution in [0.3, 0.4) is 0 Å². The van der Waals surface area contributed by atoms with Crippen LogP contribution < -0.4 is 4.74 Å². The third kappa shape index (κ3) is 3.05. The summed E-state index contributed by atoms with van der Waals surface area (Å²) < 4.78 is 31.5. The van der Waals surface area contributed by atoms with Crippen LogP contribution in [0, 0.1) is 21.7 Å². The summed E-state index contributed by atoms with van der Waals surface area (Å²) in [5.41, 5.74) is -0.607. The minimum Gasteiger partial charge on any atom is -0.494 e. The van der Waals surface area contributed by atoms with E-state index in [4.69, 9.17) is 4.74 Å². The van der Waals surface area contributed by atoms with Crippen LogP contribution in [0.1, 0.15) is 0 Å². The molecule has 0 aliphatic rings. The summed E-state index contributed by atoms with van der Waals surface area (Å²) in [5, 5.41) is 10.6. The Labute approximate surface area is 117 Å². The van der Waals surface area contributed by atoms with Gasteiger partial charge in [-0.25, -0.2) is 4.39 Å². The number of methoxy groups -OCH3 is 1. The number of ether oxygens (including phenoxy) is 1. The lowest BCUT2D eigenvalue weighted by molar-refractivity contribution is -0.387. The molecule has 104 valence electrons. The first-order chi connectivity index (χ1) is 9.51. The van der Waals surface area contributed by atoms with Crippen molar-refractivity contribution in [1.82, 2.24) is 0 Å². The molecule has 2 aromatic carbocycles. The van der Waals surface area contributed by atoms with Crippen molar-refractivity contribution in [1.29, 1.82) is 0 Å². The lowest BCUT2D eigenvalue weighted by atomic mass is 10.3. The molecule has 0 aliphatic carbocycles. The number of halogens is 2. The summed E-state index contributed by atoms with van der Waals surface area (Å²) in [6.45, 7) is 0. The first-order valence-electron chi connectivity index (χ1n) is 5.46. The van der Waals surface area contributed by atoms with Crippen LogP contribution in [0.15, 0.2) is 46.2 Å². The zero-order valence-electron chi connectivity index (χ0n) is 10.3. The molecule has 0 amide bonds. The molecule has 0 saturated heterocycles. The van der Waals surface area contributed by atoms with Crippen LogP contribution >= 0.6 is 11.8 Å². The molecule has 0 aliphatic heterocycles. The van der Waals surface area contributed by atoms with Gasteiger partial charge in [0.15, 0.2) is 11.6 Å². The van der Waals surface area contributed by atoms with Gasteiger partial charge < -0.3 is 4.74 Å². The summed E-state index contributed by atoms with van der Waals surface area (Å²) in [6, 6.07) is 7.84. The Morgan fingerprint density at radius 3 is 2.35 bits per heavy atom. The Morgan fingerprint density at radius 1 is 1.10 bits per heavy atom. The standard InChI is InChI=1S/C13H9F2NO3S/c1-19-13-5-3-8(6-11(13)15)20-9-2-4-10(14)12(7-9)16(17)18/h2-7H,1H3. The van der Waals surface area contributed by atoms with Gasteiger partial charge in [0.1, 0.15) is 0 Å². The first kappa shape index (κ1) is 14.3. The van der Waals surface area contributed by atoms with E-state index >= 15 is 0 Å². The summed E-state index contributed by atoms with van der Waals surface area (Å²) in [4.78, 5) is 10.8. The highest BCUT2D eigenvalue weighted by molar-refractivity contribution is 7.99. The second-order valence-corrected chi connectivity index (χ2v) is 4.92. The third-order valence-electron chi connectivity index (χ3n) is 2.47. The third-order valence-corrected chi connectivity index (χ3v) is 3.45. The van der Waals surface area contributed by atoms with Crippen LogP contribution in [0.4, 0.5) is 14.5 Å². The quantitative estimate of drug-likeness (QED) is 0.631. The molecule has 20 heavy (non-hydrogen) atoms. The number of hydrogen-bond donors (Lipinski definition) is 0. The van der Waals surface area contributed by atoms with Gasteiger partial charge in [-0.1, -0.05) is 11.8 Å². The molecule has 0 atom stereocenters. The maximum atomic E-state index is 13.5. The molecular formula is C13H9F2NO3S. The van der Waals surface area contributed by atoms with Gasteiger partial charge >= 0.3 is 5.69 Å². The maximum absolute atomic E-state index is 13.5. The smallest absolute Gasteiger partial charge is 0.305 e. The van der Waals surface area contributed by atoms with E-state index in [1.165, 1.54) is 25.3 Å². The zero-order valence-corrected chi connectivity index (χ0v) is 11.1. The van der Waals surface area contributed by atoms with E-state index in [9.17, 15) is 18.9 Å². The summed E-state index contributed by atoms with van der Waals surface area (Å²) in [5.74, 6) is -1.33. The van der Waals surface area contributed by atoms with Crippen molar-refractivity contribution in [3.05, 3.63) is 58.1 Å². The Kier molecular flexibility index (Phi) is 4.19. The SMILES string of the molecule is COc1ccc(Sc2ccc(F)c([N+](=O)[O-])c2)cc1F. The fourth-order valence-electron chi connectivity index (χ4n) is 1.54. The van der Waals surface area contributed by atoms with E-state index in [-0.39, 0.29) is 5.75 Å². The van der Waals surface area contributed by atoms with Crippen molar-refractivity contribution in [3.63, 3.8) is 0 Å². The zero-order chi connectivity index (χ0) is 14.7. The van der Waals surface area contributed by atoms with Crippen LogP contribution in [0.5, 0.6) is 5.75 Å².